The van der Waals surface area contributed by atoms with Crippen molar-refractivity contribution in [3.05, 3.63) is 42.2 Å². The van der Waals surface area contributed by atoms with E-state index in [9.17, 15) is 13.2 Å². The highest BCUT2D eigenvalue weighted by Crippen LogP contribution is 2.10. The molecule has 0 aliphatic heterocycles. The number of amides is 1. The summed E-state index contributed by atoms with van der Waals surface area (Å²) in [6.45, 7) is 3.36. The van der Waals surface area contributed by atoms with Crippen LogP contribution < -0.4 is 15.2 Å². The summed E-state index contributed by atoms with van der Waals surface area (Å²) in [7, 11) is -3.81. The minimum Gasteiger partial charge on any atom is -0.346 e. The van der Waals surface area contributed by atoms with E-state index in [1.54, 1.807) is 55.2 Å². The van der Waals surface area contributed by atoms with Crippen molar-refractivity contribution in [3.8, 4) is 5.69 Å². The standard InChI is InChI=1S/C13H18N6O3S/c1-13(2,9-16-23(14,21)22)17-12(20)10-3-5-11(6-4-10)19-8-7-15-18-19/h3-8,16H,9H2,1-2H3,(H,17,20)(H2,14,21,22). The average Bonchev–Trinajstić information content (AvgIpc) is 2.98. The minimum atomic E-state index is -3.81. The zero-order chi connectivity index (χ0) is 17.1. The van der Waals surface area contributed by atoms with E-state index >= 15 is 0 Å². The predicted octanol–water partition coefficient (Wildman–Crippen LogP) is -0.431. The highest BCUT2D eigenvalue weighted by atomic mass is 32.2. The molecule has 1 aromatic heterocycles. The molecule has 0 aliphatic rings. The fourth-order valence-electron chi connectivity index (χ4n) is 1.82. The second-order valence-electron chi connectivity index (χ2n) is 5.60. The monoisotopic (exact) mass is 338 g/mol. The van der Waals surface area contributed by atoms with Gasteiger partial charge in [-0.2, -0.15) is 8.42 Å². The Labute approximate surface area is 134 Å². The predicted molar refractivity (Wildman–Crippen MR) is 84.0 cm³/mol. The molecule has 0 aliphatic carbocycles. The van der Waals surface area contributed by atoms with Gasteiger partial charge >= 0.3 is 0 Å². The third-order valence-corrected chi connectivity index (χ3v) is 3.53. The number of nitrogens with two attached hydrogens (primary N) is 1. The second kappa shape index (κ2) is 6.44. The van der Waals surface area contributed by atoms with Crippen LogP contribution in [-0.4, -0.2) is 41.4 Å². The van der Waals surface area contributed by atoms with Crippen LogP contribution in [0.1, 0.15) is 24.2 Å². The Morgan fingerprint density at radius 2 is 1.96 bits per heavy atom. The molecule has 2 rings (SSSR count). The van der Waals surface area contributed by atoms with Gasteiger partial charge in [0.15, 0.2) is 0 Å². The van der Waals surface area contributed by atoms with Crippen molar-refractivity contribution in [2.75, 3.05) is 6.54 Å². The lowest BCUT2D eigenvalue weighted by Crippen LogP contribution is -2.52. The maximum atomic E-state index is 12.2. The maximum Gasteiger partial charge on any atom is 0.274 e. The summed E-state index contributed by atoms with van der Waals surface area (Å²) in [5, 5.41) is 15.2. The lowest BCUT2D eigenvalue weighted by molar-refractivity contribution is 0.0914. The molecule has 0 atom stereocenters. The van der Waals surface area contributed by atoms with Gasteiger partial charge in [-0.1, -0.05) is 5.21 Å². The van der Waals surface area contributed by atoms with Gasteiger partial charge < -0.3 is 5.32 Å². The van der Waals surface area contributed by atoms with Crippen LogP contribution in [0.5, 0.6) is 0 Å². The van der Waals surface area contributed by atoms with Crippen LogP contribution in [0.4, 0.5) is 0 Å². The summed E-state index contributed by atoms with van der Waals surface area (Å²) >= 11 is 0. The number of aromatic nitrogens is 3. The first-order valence-electron chi connectivity index (χ1n) is 6.73. The molecular weight excluding hydrogens is 320 g/mol. The van der Waals surface area contributed by atoms with Crippen LogP contribution in [0, 0.1) is 0 Å². The number of benzene rings is 1. The Hall–Kier alpha value is -2.30. The van der Waals surface area contributed by atoms with Gasteiger partial charge in [0.2, 0.25) is 0 Å². The Balaban J connectivity index is 2.03. The second-order valence-corrected chi connectivity index (χ2v) is 6.98. The smallest absolute Gasteiger partial charge is 0.274 e. The molecular formula is C13H18N6O3S. The molecule has 124 valence electrons. The summed E-state index contributed by atoms with van der Waals surface area (Å²) in [6, 6.07) is 6.77. The van der Waals surface area contributed by atoms with E-state index in [1.807, 2.05) is 0 Å². The summed E-state index contributed by atoms with van der Waals surface area (Å²) in [5.74, 6) is -0.323. The van der Waals surface area contributed by atoms with Crippen molar-refractivity contribution in [1.82, 2.24) is 25.0 Å². The van der Waals surface area contributed by atoms with E-state index in [1.165, 1.54) is 0 Å². The van der Waals surface area contributed by atoms with Crippen LogP contribution >= 0.6 is 0 Å². The first-order valence-corrected chi connectivity index (χ1v) is 8.28. The molecule has 23 heavy (non-hydrogen) atoms. The fraction of sp³-hybridized carbons (Fsp3) is 0.308. The van der Waals surface area contributed by atoms with E-state index in [0.29, 0.717) is 5.56 Å². The molecule has 10 heteroatoms. The number of rotatable bonds is 6. The third-order valence-electron chi connectivity index (χ3n) is 2.98. The van der Waals surface area contributed by atoms with E-state index in [0.717, 1.165) is 5.69 Å². The highest BCUT2D eigenvalue weighted by Gasteiger charge is 2.22. The number of hydrogen-bond donors (Lipinski definition) is 3. The first-order chi connectivity index (χ1) is 10.7. The van der Waals surface area contributed by atoms with Crippen LogP contribution in [0.25, 0.3) is 5.69 Å². The summed E-state index contributed by atoms with van der Waals surface area (Å²) < 4.78 is 25.6. The quantitative estimate of drug-likeness (QED) is 0.657. The van der Waals surface area contributed by atoms with Crippen LogP contribution in [0.15, 0.2) is 36.7 Å². The third kappa shape index (κ3) is 5.13. The number of carbonyl (C=O) groups excluding carboxylic acids is 1. The SMILES string of the molecule is CC(C)(CNS(N)(=O)=O)NC(=O)c1ccc(-n2ccnn2)cc1. The number of carbonyl (C=O) groups is 1. The van der Waals surface area contributed by atoms with Crippen LogP contribution in [0.3, 0.4) is 0 Å². The van der Waals surface area contributed by atoms with Gasteiger partial charge in [0.25, 0.3) is 16.1 Å². The van der Waals surface area contributed by atoms with Gasteiger partial charge in [-0.25, -0.2) is 14.5 Å². The van der Waals surface area contributed by atoms with Crippen LogP contribution in [-0.2, 0) is 10.2 Å². The van der Waals surface area contributed by atoms with Gasteiger partial charge in [0.1, 0.15) is 0 Å². The average molecular weight is 338 g/mol. The molecule has 1 aromatic carbocycles. The van der Waals surface area contributed by atoms with Crippen molar-refractivity contribution in [2.45, 2.75) is 19.4 Å². The van der Waals surface area contributed by atoms with Crippen molar-refractivity contribution in [3.63, 3.8) is 0 Å². The van der Waals surface area contributed by atoms with E-state index in [2.05, 4.69) is 20.4 Å². The number of hydrogen-bond acceptors (Lipinski definition) is 5. The van der Waals surface area contributed by atoms with Gasteiger partial charge in [0, 0.05) is 17.6 Å². The van der Waals surface area contributed by atoms with Gasteiger partial charge in [0.05, 0.1) is 18.1 Å². The van der Waals surface area contributed by atoms with E-state index in [4.69, 9.17) is 5.14 Å². The van der Waals surface area contributed by atoms with E-state index < -0.39 is 15.7 Å². The van der Waals surface area contributed by atoms with Crippen LogP contribution in [0.2, 0.25) is 0 Å². The summed E-state index contributed by atoms with van der Waals surface area (Å²) in [4.78, 5) is 12.2. The normalized spacial score (nSPS) is 12.1. The Morgan fingerprint density at radius 3 is 2.48 bits per heavy atom. The number of nitrogens with zero attached hydrogens (tertiary/aromatic N) is 3. The molecule has 0 saturated carbocycles. The molecule has 0 spiro atoms. The molecule has 0 bridgehead atoms. The molecule has 1 heterocycles. The van der Waals surface area contributed by atoms with Crippen molar-refractivity contribution in [1.29, 1.82) is 0 Å². The molecule has 1 amide bonds. The molecule has 0 fully saturated rings. The number of nitrogens with one attached hydrogen (secondary N) is 2. The lowest BCUT2D eigenvalue weighted by atomic mass is 10.1. The van der Waals surface area contributed by atoms with Gasteiger partial charge in [-0.3, -0.25) is 4.79 Å². The highest BCUT2D eigenvalue weighted by molar-refractivity contribution is 7.87. The summed E-state index contributed by atoms with van der Waals surface area (Å²) in [5.41, 5.74) is 0.417. The zero-order valence-corrected chi connectivity index (χ0v) is 13.5. The summed E-state index contributed by atoms with van der Waals surface area (Å²) in [6.07, 6.45) is 3.25. The van der Waals surface area contributed by atoms with Crippen molar-refractivity contribution < 1.29 is 13.2 Å². The fourth-order valence-corrected chi connectivity index (χ4v) is 2.38. The van der Waals surface area contributed by atoms with E-state index in [-0.39, 0.29) is 12.5 Å². The molecule has 0 saturated heterocycles. The van der Waals surface area contributed by atoms with Crippen molar-refractivity contribution in [2.24, 2.45) is 5.14 Å². The Morgan fingerprint density at radius 1 is 1.30 bits per heavy atom. The first kappa shape index (κ1) is 17.1. The van der Waals surface area contributed by atoms with Gasteiger partial charge in [-0.05, 0) is 38.1 Å². The zero-order valence-electron chi connectivity index (χ0n) is 12.7. The molecule has 2 aromatic rings. The van der Waals surface area contributed by atoms with Crippen molar-refractivity contribution >= 4 is 16.1 Å². The minimum absolute atomic E-state index is 0.0192. The topological polar surface area (TPSA) is 132 Å². The molecule has 0 radical (unpaired) electrons. The van der Waals surface area contributed by atoms with Gasteiger partial charge in [-0.15, -0.1) is 5.10 Å². The largest absolute Gasteiger partial charge is 0.346 e. The maximum absolute atomic E-state index is 12.2. The molecule has 0 unspecified atom stereocenters. The molecule has 4 N–H and O–H groups in total. The Kier molecular flexibility index (Phi) is 4.78. The molecule has 9 nitrogen and oxygen atoms in total. The lowest BCUT2D eigenvalue weighted by Gasteiger charge is -2.26. The Bertz CT molecular complexity index is 769.